The van der Waals surface area contributed by atoms with E-state index in [-0.39, 0.29) is 17.1 Å². The monoisotopic (exact) mass is 290 g/mol. The smallest absolute Gasteiger partial charge is 0.177 e. The third kappa shape index (κ3) is 1.91. The Balaban J connectivity index is 2.66. The van der Waals surface area contributed by atoms with Gasteiger partial charge in [-0.2, -0.15) is 10.5 Å². The molecule has 0 aliphatic heterocycles. The summed E-state index contributed by atoms with van der Waals surface area (Å²) in [4.78, 5) is 3.75. The summed E-state index contributed by atoms with van der Waals surface area (Å²) in [6.45, 7) is 0. The molecule has 82 valence electrons. The summed E-state index contributed by atoms with van der Waals surface area (Å²) in [5.41, 5.74) is 0.183. The number of hydrogen-bond donors (Lipinski definition) is 0. The predicted octanol–water partition coefficient (Wildman–Crippen LogP) is 2.52. The van der Waals surface area contributed by atoms with Gasteiger partial charge in [-0.1, -0.05) is 15.9 Å². The molecule has 0 bridgehead atoms. The van der Waals surface area contributed by atoms with Crippen LogP contribution in [0.1, 0.15) is 11.4 Å². The SMILES string of the molecule is N#Cc1ncn(-c2ccc(Br)cc2F)c1C#N. The molecule has 0 saturated carbocycles. The minimum absolute atomic E-state index is 0.0187. The van der Waals surface area contributed by atoms with Gasteiger partial charge in [-0.25, -0.2) is 9.37 Å². The van der Waals surface area contributed by atoms with Crippen LogP contribution in [0.2, 0.25) is 0 Å². The van der Waals surface area contributed by atoms with E-state index >= 15 is 0 Å². The van der Waals surface area contributed by atoms with Crippen molar-refractivity contribution in [3.63, 3.8) is 0 Å². The van der Waals surface area contributed by atoms with Crippen molar-refractivity contribution < 1.29 is 4.39 Å². The van der Waals surface area contributed by atoms with Crippen molar-refractivity contribution in [2.45, 2.75) is 0 Å². The number of aromatic nitrogens is 2. The van der Waals surface area contributed by atoms with Crippen molar-refractivity contribution in [1.29, 1.82) is 10.5 Å². The van der Waals surface area contributed by atoms with Gasteiger partial charge in [-0.15, -0.1) is 0 Å². The number of imidazole rings is 1. The topological polar surface area (TPSA) is 65.4 Å². The molecule has 2 aromatic rings. The van der Waals surface area contributed by atoms with Crippen LogP contribution in [0.5, 0.6) is 0 Å². The molecule has 0 aliphatic rings. The fourth-order valence-electron chi connectivity index (χ4n) is 1.40. The van der Waals surface area contributed by atoms with Crippen molar-refractivity contribution in [3.8, 4) is 17.8 Å². The largest absolute Gasteiger partial charge is 0.286 e. The molecule has 0 atom stereocenters. The van der Waals surface area contributed by atoms with Gasteiger partial charge >= 0.3 is 0 Å². The number of rotatable bonds is 1. The lowest BCUT2D eigenvalue weighted by Gasteiger charge is -2.05. The summed E-state index contributed by atoms with van der Waals surface area (Å²) >= 11 is 3.14. The Bertz CT molecular complexity index is 663. The maximum absolute atomic E-state index is 13.7. The number of nitriles is 2. The molecule has 0 spiro atoms. The molecule has 6 heteroatoms. The fraction of sp³-hybridized carbons (Fsp3) is 0. The van der Waals surface area contributed by atoms with Crippen LogP contribution in [-0.2, 0) is 0 Å². The second-order valence-corrected chi connectivity index (χ2v) is 4.05. The molecule has 1 aromatic carbocycles. The van der Waals surface area contributed by atoms with Crippen LogP contribution in [-0.4, -0.2) is 9.55 Å². The highest BCUT2D eigenvalue weighted by Gasteiger charge is 2.14. The van der Waals surface area contributed by atoms with Crippen LogP contribution in [0.3, 0.4) is 0 Å². The average molecular weight is 291 g/mol. The summed E-state index contributed by atoms with van der Waals surface area (Å²) in [6.07, 6.45) is 1.25. The molecule has 4 nitrogen and oxygen atoms in total. The van der Waals surface area contributed by atoms with Gasteiger partial charge in [-0.3, -0.25) is 4.57 Å². The third-order valence-electron chi connectivity index (χ3n) is 2.15. The Kier molecular flexibility index (Phi) is 2.90. The standard InChI is InChI=1S/C11H4BrFN4/c12-7-1-2-10(8(13)3-7)17-6-16-9(4-14)11(17)5-15/h1-3,6H. The Morgan fingerprint density at radius 3 is 2.65 bits per heavy atom. The van der Waals surface area contributed by atoms with Crippen LogP contribution < -0.4 is 0 Å². The van der Waals surface area contributed by atoms with Gasteiger partial charge in [0.1, 0.15) is 24.3 Å². The van der Waals surface area contributed by atoms with Crippen LogP contribution in [0.4, 0.5) is 4.39 Å². The summed E-state index contributed by atoms with van der Waals surface area (Å²) < 4.78 is 15.5. The maximum atomic E-state index is 13.7. The van der Waals surface area contributed by atoms with Gasteiger partial charge < -0.3 is 0 Å². The van der Waals surface area contributed by atoms with E-state index in [2.05, 4.69) is 20.9 Å². The van der Waals surface area contributed by atoms with E-state index in [9.17, 15) is 4.39 Å². The van der Waals surface area contributed by atoms with E-state index in [0.717, 1.165) is 0 Å². The van der Waals surface area contributed by atoms with Gasteiger partial charge in [0.2, 0.25) is 0 Å². The Morgan fingerprint density at radius 1 is 1.29 bits per heavy atom. The molecular formula is C11H4BrFN4. The molecule has 0 fully saturated rings. The van der Waals surface area contributed by atoms with E-state index in [4.69, 9.17) is 10.5 Å². The van der Waals surface area contributed by atoms with E-state index in [1.54, 1.807) is 12.1 Å². The second kappa shape index (κ2) is 4.36. The normalized spacial score (nSPS) is 9.65. The van der Waals surface area contributed by atoms with E-state index in [1.807, 2.05) is 6.07 Å². The van der Waals surface area contributed by atoms with Gasteiger partial charge in [0.15, 0.2) is 11.4 Å². The summed E-state index contributed by atoms with van der Waals surface area (Å²) in [5, 5.41) is 17.7. The summed E-state index contributed by atoms with van der Waals surface area (Å²) in [5.74, 6) is -0.502. The first-order chi connectivity index (χ1) is 8.17. The molecular weight excluding hydrogens is 287 g/mol. The predicted molar refractivity (Wildman–Crippen MR) is 60.7 cm³/mol. The van der Waals surface area contributed by atoms with Gasteiger partial charge in [0.25, 0.3) is 0 Å². The molecule has 0 unspecified atom stereocenters. The highest BCUT2D eigenvalue weighted by molar-refractivity contribution is 9.10. The van der Waals surface area contributed by atoms with Crippen molar-refractivity contribution in [2.75, 3.05) is 0 Å². The first-order valence-corrected chi connectivity index (χ1v) is 5.29. The van der Waals surface area contributed by atoms with Crippen molar-refractivity contribution in [1.82, 2.24) is 9.55 Å². The average Bonchev–Trinajstić information content (AvgIpc) is 2.71. The van der Waals surface area contributed by atoms with Crippen LogP contribution in [0, 0.1) is 28.5 Å². The number of nitrogens with zero attached hydrogens (tertiary/aromatic N) is 4. The zero-order chi connectivity index (χ0) is 12.4. The molecule has 0 aliphatic carbocycles. The summed E-state index contributed by atoms with van der Waals surface area (Å²) in [7, 11) is 0. The Labute approximate surface area is 105 Å². The maximum Gasteiger partial charge on any atom is 0.177 e. The zero-order valence-electron chi connectivity index (χ0n) is 8.35. The quantitative estimate of drug-likeness (QED) is 0.810. The number of hydrogen-bond acceptors (Lipinski definition) is 3. The highest BCUT2D eigenvalue weighted by atomic mass is 79.9. The van der Waals surface area contributed by atoms with Crippen LogP contribution in [0.25, 0.3) is 5.69 Å². The molecule has 0 saturated heterocycles. The fourth-order valence-corrected chi connectivity index (χ4v) is 1.73. The molecule has 0 radical (unpaired) electrons. The second-order valence-electron chi connectivity index (χ2n) is 3.13. The lowest BCUT2D eigenvalue weighted by molar-refractivity contribution is 0.616. The van der Waals surface area contributed by atoms with E-state index in [0.29, 0.717) is 4.47 Å². The van der Waals surface area contributed by atoms with E-state index < -0.39 is 5.82 Å². The Morgan fingerprint density at radius 2 is 2.06 bits per heavy atom. The van der Waals surface area contributed by atoms with Crippen molar-refractivity contribution in [2.24, 2.45) is 0 Å². The zero-order valence-corrected chi connectivity index (χ0v) is 9.94. The first-order valence-electron chi connectivity index (χ1n) is 4.50. The van der Waals surface area contributed by atoms with Gasteiger partial charge in [-0.05, 0) is 18.2 Å². The molecule has 0 N–H and O–H groups in total. The molecule has 2 rings (SSSR count). The number of benzene rings is 1. The minimum Gasteiger partial charge on any atom is -0.286 e. The molecule has 0 amide bonds. The van der Waals surface area contributed by atoms with Crippen molar-refractivity contribution in [3.05, 3.63) is 46.2 Å². The highest BCUT2D eigenvalue weighted by Crippen LogP contribution is 2.20. The van der Waals surface area contributed by atoms with Crippen LogP contribution >= 0.6 is 15.9 Å². The lowest BCUT2D eigenvalue weighted by atomic mass is 10.3. The minimum atomic E-state index is -0.502. The molecule has 1 heterocycles. The first kappa shape index (κ1) is 11.3. The van der Waals surface area contributed by atoms with E-state index in [1.165, 1.54) is 23.0 Å². The van der Waals surface area contributed by atoms with Crippen molar-refractivity contribution >= 4 is 15.9 Å². The Hall–Kier alpha value is -2.18. The summed E-state index contributed by atoms with van der Waals surface area (Å²) in [6, 6.07) is 8.04. The molecule has 1 aromatic heterocycles. The molecule has 17 heavy (non-hydrogen) atoms. The third-order valence-corrected chi connectivity index (χ3v) is 2.64. The van der Waals surface area contributed by atoms with Gasteiger partial charge in [0.05, 0.1) is 5.69 Å². The van der Waals surface area contributed by atoms with Crippen LogP contribution in [0.15, 0.2) is 29.0 Å². The van der Waals surface area contributed by atoms with Gasteiger partial charge in [0, 0.05) is 4.47 Å². The lowest BCUT2D eigenvalue weighted by Crippen LogP contribution is -1.99. The number of halogens is 2.